The van der Waals surface area contributed by atoms with E-state index < -0.39 is 34.6 Å². The van der Waals surface area contributed by atoms with Crippen molar-refractivity contribution in [3.63, 3.8) is 0 Å². The highest BCUT2D eigenvalue weighted by Crippen LogP contribution is 2.38. The van der Waals surface area contributed by atoms with Crippen molar-refractivity contribution in [1.29, 1.82) is 0 Å². The summed E-state index contributed by atoms with van der Waals surface area (Å²) < 4.78 is 5.32. The molecule has 2 N–H and O–H groups in total. The van der Waals surface area contributed by atoms with Crippen molar-refractivity contribution in [2.75, 3.05) is 20.1 Å². The van der Waals surface area contributed by atoms with Crippen LogP contribution in [-0.4, -0.2) is 81.7 Å². The van der Waals surface area contributed by atoms with E-state index >= 15 is 0 Å². The Morgan fingerprint density at radius 1 is 1.07 bits per heavy atom. The SMILES string of the molecule is CN1N=C2CCN(C(=O)[C@@H](CC#Cc3ccccn3)NC(=O)C(C)(C)NC(=O)OC(C)(C)C)C[C@@]2(Cc2ccccc2)C1=O. The van der Waals surface area contributed by atoms with Gasteiger partial charge in [-0.1, -0.05) is 42.3 Å². The lowest BCUT2D eigenvalue weighted by atomic mass is 9.73. The quantitative estimate of drug-likeness (QED) is 0.470. The van der Waals surface area contributed by atoms with Crippen molar-refractivity contribution in [1.82, 2.24) is 25.5 Å². The van der Waals surface area contributed by atoms with Crippen LogP contribution in [0.15, 0.2) is 59.8 Å². The molecule has 0 spiro atoms. The maximum absolute atomic E-state index is 14.1. The van der Waals surface area contributed by atoms with Crippen molar-refractivity contribution in [2.45, 2.75) is 71.1 Å². The molecule has 4 amide bonds. The van der Waals surface area contributed by atoms with Crippen molar-refractivity contribution in [3.05, 3.63) is 66.0 Å². The van der Waals surface area contributed by atoms with E-state index in [4.69, 9.17) is 4.74 Å². The Bertz CT molecular complexity index is 1490. The summed E-state index contributed by atoms with van der Waals surface area (Å²) in [5, 5.41) is 11.3. The summed E-state index contributed by atoms with van der Waals surface area (Å²) >= 11 is 0. The van der Waals surface area contributed by atoms with Gasteiger partial charge >= 0.3 is 6.09 Å². The van der Waals surface area contributed by atoms with Crippen LogP contribution in [0.5, 0.6) is 0 Å². The number of nitrogens with one attached hydrogen (secondary N) is 2. The average molecular weight is 601 g/mol. The van der Waals surface area contributed by atoms with Crippen LogP contribution in [0.1, 0.15) is 58.7 Å². The summed E-state index contributed by atoms with van der Waals surface area (Å²) in [6, 6.07) is 13.9. The molecule has 0 aliphatic carbocycles. The van der Waals surface area contributed by atoms with Crippen LogP contribution in [0.3, 0.4) is 0 Å². The predicted octanol–water partition coefficient (Wildman–Crippen LogP) is 2.90. The minimum atomic E-state index is -1.41. The number of hydrogen-bond acceptors (Lipinski definition) is 7. The molecule has 1 fully saturated rings. The number of alkyl carbamates (subject to hydrolysis) is 1. The van der Waals surface area contributed by atoms with Gasteiger partial charge in [-0.05, 0) is 64.7 Å². The van der Waals surface area contributed by atoms with Crippen molar-refractivity contribution in [2.24, 2.45) is 10.5 Å². The van der Waals surface area contributed by atoms with Crippen molar-refractivity contribution in [3.8, 4) is 11.8 Å². The molecule has 0 radical (unpaired) electrons. The summed E-state index contributed by atoms with van der Waals surface area (Å²) in [6.45, 7) is 8.66. The standard InChI is InChI=1S/C33H40N6O5/c1-31(2,3)44-30(43)36-32(4,5)28(41)35-25(17-12-16-24-15-10-11-19-34-24)27(40)39-20-18-26-33(22-39,29(42)38(6)37-26)21-23-13-8-7-9-14-23/h7-11,13-15,19,25H,17-18,20-22H2,1-6H3,(H,35,41)(H,36,43)/t25-,33-/m1/s1. The fourth-order valence-corrected chi connectivity index (χ4v) is 5.27. The Hall–Kier alpha value is -4.72. The summed E-state index contributed by atoms with van der Waals surface area (Å²) in [7, 11) is 1.63. The van der Waals surface area contributed by atoms with E-state index in [1.165, 1.54) is 18.9 Å². The number of fused-ring (bicyclic) bond motifs is 1. The smallest absolute Gasteiger partial charge is 0.408 e. The number of ether oxygens (including phenoxy) is 1. The molecular formula is C33H40N6O5. The number of likely N-dealkylation sites (tertiary alicyclic amines) is 1. The van der Waals surface area contributed by atoms with E-state index in [-0.39, 0.29) is 24.8 Å². The second-order valence-corrected chi connectivity index (χ2v) is 12.6. The van der Waals surface area contributed by atoms with Crippen LogP contribution < -0.4 is 10.6 Å². The summed E-state index contributed by atoms with van der Waals surface area (Å²) in [4.78, 5) is 59.5. The maximum Gasteiger partial charge on any atom is 0.408 e. The summed E-state index contributed by atoms with van der Waals surface area (Å²) in [5.74, 6) is 4.78. The molecular weight excluding hydrogens is 560 g/mol. The number of pyridine rings is 1. The molecule has 2 atom stereocenters. The van der Waals surface area contributed by atoms with Gasteiger partial charge in [0.2, 0.25) is 11.8 Å². The fraction of sp³-hybridized carbons (Fsp3) is 0.455. The monoisotopic (exact) mass is 600 g/mol. The lowest BCUT2D eigenvalue weighted by Crippen LogP contribution is -2.62. The zero-order valence-corrected chi connectivity index (χ0v) is 26.1. The number of piperidine rings is 1. The number of amides is 4. The van der Waals surface area contributed by atoms with Gasteiger partial charge in [0.25, 0.3) is 5.91 Å². The molecule has 44 heavy (non-hydrogen) atoms. The Morgan fingerprint density at radius 3 is 2.43 bits per heavy atom. The molecule has 11 heteroatoms. The normalized spacial score (nSPS) is 18.8. The minimum Gasteiger partial charge on any atom is -0.444 e. The maximum atomic E-state index is 14.1. The molecule has 3 heterocycles. The Kier molecular flexibility index (Phi) is 9.42. The lowest BCUT2D eigenvalue weighted by Gasteiger charge is -2.40. The third kappa shape index (κ3) is 7.61. The van der Waals surface area contributed by atoms with Crippen LogP contribution in [0.2, 0.25) is 0 Å². The third-order valence-corrected chi connectivity index (χ3v) is 7.44. The number of hydrazone groups is 1. The zero-order chi connectivity index (χ0) is 32.1. The lowest BCUT2D eigenvalue weighted by molar-refractivity contribution is -0.142. The van der Waals surface area contributed by atoms with Crippen molar-refractivity contribution >= 4 is 29.5 Å². The highest BCUT2D eigenvalue weighted by Gasteiger charge is 2.54. The van der Waals surface area contributed by atoms with Crippen LogP contribution in [-0.2, 0) is 25.5 Å². The molecule has 232 valence electrons. The second-order valence-electron chi connectivity index (χ2n) is 12.6. The Labute approximate surface area is 258 Å². The third-order valence-electron chi connectivity index (χ3n) is 7.44. The van der Waals surface area contributed by atoms with Gasteiger partial charge in [-0.3, -0.25) is 14.4 Å². The molecule has 1 aromatic heterocycles. The largest absolute Gasteiger partial charge is 0.444 e. The van der Waals surface area contributed by atoms with Gasteiger partial charge in [0, 0.05) is 39.2 Å². The topological polar surface area (TPSA) is 133 Å². The highest BCUT2D eigenvalue weighted by atomic mass is 16.6. The molecule has 2 aliphatic heterocycles. The van der Waals surface area contributed by atoms with Gasteiger partial charge in [-0.15, -0.1) is 0 Å². The van der Waals surface area contributed by atoms with Gasteiger partial charge in [-0.2, -0.15) is 5.10 Å². The first-order chi connectivity index (χ1) is 20.7. The van der Waals surface area contributed by atoms with Crippen LogP contribution in [0, 0.1) is 17.3 Å². The van der Waals surface area contributed by atoms with E-state index in [0.29, 0.717) is 25.1 Å². The number of aromatic nitrogens is 1. The Balaban J connectivity index is 1.58. The fourth-order valence-electron chi connectivity index (χ4n) is 5.27. The van der Waals surface area contributed by atoms with Crippen molar-refractivity contribution < 1.29 is 23.9 Å². The number of hydrogen-bond donors (Lipinski definition) is 2. The highest BCUT2D eigenvalue weighted by molar-refractivity contribution is 6.13. The molecule has 1 aromatic carbocycles. The van der Waals surface area contributed by atoms with Crippen LogP contribution >= 0.6 is 0 Å². The number of rotatable bonds is 7. The second kappa shape index (κ2) is 12.9. The van der Waals surface area contributed by atoms with Gasteiger partial charge in [0.1, 0.15) is 28.3 Å². The average Bonchev–Trinajstić information content (AvgIpc) is 3.20. The van der Waals surface area contributed by atoms with E-state index in [1.54, 1.807) is 57.1 Å². The first kappa shape index (κ1) is 32.2. The van der Waals surface area contributed by atoms with Gasteiger partial charge in [0.15, 0.2) is 0 Å². The van der Waals surface area contributed by atoms with E-state index in [9.17, 15) is 19.2 Å². The molecule has 11 nitrogen and oxygen atoms in total. The first-order valence-electron chi connectivity index (χ1n) is 14.6. The molecule has 2 aliphatic rings. The van der Waals surface area contributed by atoms with Crippen LogP contribution in [0.25, 0.3) is 0 Å². The number of nitrogens with zero attached hydrogens (tertiary/aromatic N) is 4. The molecule has 2 aromatic rings. The van der Waals surface area contributed by atoms with Crippen LogP contribution in [0.4, 0.5) is 4.79 Å². The van der Waals surface area contributed by atoms with E-state index in [2.05, 4.69) is 32.6 Å². The molecule has 1 saturated heterocycles. The number of benzene rings is 1. The molecule has 4 rings (SSSR count). The predicted molar refractivity (Wildman–Crippen MR) is 165 cm³/mol. The summed E-state index contributed by atoms with van der Waals surface area (Å²) in [5.41, 5.74) is -0.938. The van der Waals surface area contributed by atoms with E-state index in [1.807, 2.05) is 30.3 Å². The Morgan fingerprint density at radius 2 is 1.77 bits per heavy atom. The molecule has 0 bridgehead atoms. The minimum absolute atomic E-state index is 0.0132. The number of carbonyl (C=O) groups is 4. The van der Waals surface area contributed by atoms with Gasteiger partial charge < -0.3 is 20.3 Å². The summed E-state index contributed by atoms with van der Waals surface area (Å²) in [6.07, 6.45) is 1.66. The number of carbonyl (C=O) groups excluding carboxylic acids is 4. The molecule has 0 unspecified atom stereocenters. The zero-order valence-electron chi connectivity index (χ0n) is 26.1. The molecule has 0 saturated carbocycles. The van der Waals surface area contributed by atoms with Gasteiger partial charge in [-0.25, -0.2) is 14.8 Å². The first-order valence-corrected chi connectivity index (χ1v) is 14.6. The van der Waals surface area contributed by atoms with E-state index in [0.717, 1.165) is 11.3 Å². The van der Waals surface area contributed by atoms with Gasteiger partial charge in [0.05, 0.1) is 5.71 Å².